The number of hydrogen-bond acceptors (Lipinski definition) is 4. The molecule has 0 spiro atoms. The predicted molar refractivity (Wildman–Crippen MR) is 64.7 cm³/mol. The van der Waals surface area contributed by atoms with Crippen LogP contribution in [-0.2, 0) is 6.54 Å². The smallest absolute Gasteiger partial charge is 0.298 e. The quantitative estimate of drug-likeness (QED) is 0.812. The van der Waals surface area contributed by atoms with Crippen molar-refractivity contribution in [2.45, 2.75) is 6.54 Å². The Hall–Kier alpha value is -2.26. The second kappa shape index (κ2) is 4.72. The van der Waals surface area contributed by atoms with Gasteiger partial charge in [0.05, 0.1) is 11.8 Å². The maximum atomic E-state index is 11.7. The van der Waals surface area contributed by atoms with Crippen molar-refractivity contribution >= 4 is 12.2 Å². The third-order valence-corrected chi connectivity index (χ3v) is 2.44. The number of H-pyrrole nitrogens is 1. The van der Waals surface area contributed by atoms with Gasteiger partial charge in [0, 0.05) is 18.0 Å². The molecule has 0 saturated heterocycles. The normalized spacial score (nSPS) is 9.82. The standard InChI is InChI=1S/C11H8N4OS/c12-3-5-15-9(6-10(17)14-11(15)16)8-2-1-4-13-7-8/h1-2,4,6-7H,5H2,(H,14,16,17). The Morgan fingerprint density at radius 2 is 2.41 bits per heavy atom. The first-order chi connectivity index (χ1) is 8.22. The first kappa shape index (κ1) is 11.2. The Bertz CT molecular complexity index is 681. The van der Waals surface area contributed by atoms with Crippen LogP contribution in [0, 0.1) is 16.0 Å². The molecular formula is C11H8N4OS. The van der Waals surface area contributed by atoms with E-state index in [4.69, 9.17) is 17.5 Å². The molecule has 0 fully saturated rings. The van der Waals surface area contributed by atoms with E-state index in [0.717, 1.165) is 5.56 Å². The highest BCUT2D eigenvalue weighted by Gasteiger charge is 2.06. The number of nitriles is 1. The molecule has 0 unspecified atom stereocenters. The van der Waals surface area contributed by atoms with E-state index in [2.05, 4.69) is 9.97 Å². The highest BCUT2D eigenvalue weighted by atomic mass is 32.1. The third kappa shape index (κ3) is 2.29. The van der Waals surface area contributed by atoms with Crippen LogP contribution in [0.4, 0.5) is 0 Å². The van der Waals surface area contributed by atoms with E-state index in [1.165, 1.54) is 4.57 Å². The zero-order valence-electron chi connectivity index (χ0n) is 8.75. The molecule has 0 aromatic carbocycles. The Morgan fingerprint density at radius 1 is 1.59 bits per heavy atom. The molecule has 0 aliphatic carbocycles. The van der Waals surface area contributed by atoms with Crippen molar-refractivity contribution in [2.24, 2.45) is 0 Å². The molecule has 2 rings (SSSR count). The molecule has 2 heterocycles. The van der Waals surface area contributed by atoms with Gasteiger partial charge in [-0.2, -0.15) is 5.26 Å². The van der Waals surface area contributed by atoms with Crippen LogP contribution in [0.1, 0.15) is 0 Å². The molecule has 5 nitrogen and oxygen atoms in total. The Balaban J connectivity index is 2.73. The average Bonchev–Trinajstić information content (AvgIpc) is 2.33. The fourth-order valence-corrected chi connectivity index (χ4v) is 1.70. The first-order valence-electron chi connectivity index (χ1n) is 4.84. The molecule has 0 aliphatic rings. The van der Waals surface area contributed by atoms with Crippen molar-refractivity contribution in [3.8, 4) is 17.3 Å². The fraction of sp³-hybridized carbons (Fsp3) is 0.0909. The van der Waals surface area contributed by atoms with E-state index in [1.807, 2.05) is 12.1 Å². The summed E-state index contributed by atoms with van der Waals surface area (Å²) in [6.07, 6.45) is 3.26. The number of hydrogen-bond donors (Lipinski definition) is 1. The SMILES string of the molecule is N#CCn1c(-c2cccnc2)cc(=S)[nH]c1=O. The van der Waals surface area contributed by atoms with Gasteiger partial charge in [0.2, 0.25) is 0 Å². The van der Waals surface area contributed by atoms with Crippen LogP contribution in [0.5, 0.6) is 0 Å². The van der Waals surface area contributed by atoms with Crippen LogP contribution >= 0.6 is 12.2 Å². The largest absolute Gasteiger partial charge is 0.327 e. The summed E-state index contributed by atoms with van der Waals surface area (Å²) in [5.74, 6) is 0. The molecule has 0 amide bonds. The summed E-state index contributed by atoms with van der Waals surface area (Å²) in [4.78, 5) is 18.2. The van der Waals surface area contributed by atoms with Crippen molar-refractivity contribution in [3.05, 3.63) is 45.7 Å². The molecule has 17 heavy (non-hydrogen) atoms. The monoisotopic (exact) mass is 244 g/mol. The highest BCUT2D eigenvalue weighted by molar-refractivity contribution is 7.71. The van der Waals surface area contributed by atoms with Gasteiger partial charge >= 0.3 is 5.69 Å². The minimum Gasteiger partial charge on any atom is -0.298 e. The van der Waals surface area contributed by atoms with Gasteiger partial charge in [-0.25, -0.2) is 4.79 Å². The first-order valence-corrected chi connectivity index (χ1v) is 5.24. The summed E-state index contributed by atoms with van der Waals surface area (Å²) >= 11 is 4.96. The molecule has 2 aromatic heterocycles. The number of pyridine rings is 1. The van der Waals surface area contributed by atoms with Gasteiger partial charge < -0.3 is 0 Å². The van der Waals surface area contributed by atoms with Gasteiger partial charge in [-0.3, -0.25) is 14.5 Å². The molecule has 84 valence electrons. The van der Waals surface area contributed by atoms with Crippen molar-refractivity contribution in [1.82, 2.24) is 14.5 Å². The lowest BCUT2D eigenvalue weighted by Gasteiger charge is -2.08. The molecule has 0 radical (unpaired) electrons. The molecule has 0 aliphatic heterocycles. The zero-order chi connectivity index (χ0) is 12.3. The molecule has 0 saturated carbocycles. The molecule has 0 atom stereocenters. The van der Waals surface area contributed by atoms with Gasteiger partial charge in [0.1, 0.15) is 11.2 Å². The maximum absolute atomic E-state index is 11.7. The molecule has 0 bridgehead atoms. The third-order valence-electron chi connectivity index (χ3n) is 2.22. The Labute approximate surface area is 102 Å². The van der Waals surface area contributed by atoms with Crippen LogP contribution < -0.4 is 5.69 Å². The summed E-state index contributed by atoms with van der Waals surface area (Å²) in [7, 11) is 0. The van der Waals surface area contributed by atoms with Crippen LogP contribution in [0.15, 0.2) is 35.4 Å². The lowest BCUT2D eigenvalue weighted by molar-refractivity contribution is 0.757. The van der Waals surface area contributed by atoms with Gasteiger partial charge in [0.25, 0.3) is 0 Å². The van der Waals surface area contributed by atoms with Crippen LogP contribution in [0.3, 0.4) is 0 Å². The van der Waals surface area contributed by atoms with Gasteiger partial charge in [-0.05, 0) is 18.2 Å². The Kier molecular flexibility index (Phi) is 3.12. The van der Waals surface area contributed by atoms with Crippen molar-refractivity contribution < 1.29 is 0 Å². The lowest BCUT2D eigenvalue weighted by Crippen LogP contribution is -2.24. The summed E-state index contributed by atoms with van der Waals surface area (Å²) in [5.41, 5.74) is 0.950. The summed E-state index contributed by atoms with van der Waals surface area (Å²) in [6, 6.07) is 7.16. The molecule has 6 heteroatoms. The number of aromatic nitrogens is 3. The van der Waals surface area contributed by atoms with E-state index >= 15 is 0 Å². The van der Waals surface area contributed by atoms with E-state index in [1.54, 1.807) is 24.5 Å². The van der Waals surface area contributed by atoms with E-state index < -0.39 is 5.69 Å². The topological polar surface area (TPSA) is 74.5 Å². The maximum Gasteiger partial charge on any atom is 0.327 e. The van der Waals surface area contributed by atoms with E-state index in [0.29, 0.717) is 10.3 Å². The van der Waals surface area contributed by atoms with E-state index in [-0.39, 0.29) is 6.54 Å². The minimum absolute atomic E-state index is 0.0326. The van der Waals surface area contributed by atoms with Crippen molar-refractivity contribution in [3.63, 3.8) is 0 Å². The van der Waals surface area contributed by atoms with Crippen molar-refractivity contribution in [2.75, 3.05) is 0 Å². The number of rotatable bonds is 2. The predicted octanol–water partition coefficient (Wildman–Crippen LogP) is 1.49. The Morgan fingerprint density at radius 3 is 3.06 bits per heavy atom. The zero-order valence-corrected chi connectivity index (χ0v) is 9.57. The summed E-state index contributed by atoms with van der Waals surface area (Å²) in [5, 5.41) is 8.72. The highest BCUT2D eigenvalue weighted by Crippen LogP contribution is 2.15. The van der Waals surface area contributed by atoms with Gasteiger partial charge in [0.15, 0.2) is 0 Å². The van der Waals surface area contributed by atoms with Gasteiger partial charge in [-0.15, -0.1) is 0 Å². The number of nitrogens with one attached hydrogen (secondary N) is 1. The number of aromatic amines is 1. The van der Waals surface area contributed by atoms with Crippen molar-refractivity contribution in [1.29, 1.82) is 5.26 Å². The summed E-state index contributed by atoms with van der Waals surface area (Å²) in [6.45, 7) is -0.0326. The lowest BCUT2D eigenvalue weighted by atomic mass is 10.2. The average molecular weight is 244 g/mol. The van der Waals surface area contributed by atoms with Crippen LogP contribution in [-0.4, -0.2) is 14.5 Å². The second-order valence-corrected chi connectivity index (χ2v) is 3.75. The van der Waals surface area contributed by atoms with E-state index in [9.17, 15) is 4.79 Å². The molecule has 2 aromatic rings. The summed E-state index contributed by atoms with van der Waals surface area (Å²) < 4.78 is 1.66. The van der Waals surface area contributed by atoms with Gasteiger partial charge in [-0.1, -0.05) is 12.2 Å². The van der Waals surface area contributed by atoms with Crippen LogP contribution in [0.25, 0.3) is 11.3 Å². The molecular weight excluding hydrogens is 236 g/mol. The molecule has 1 N–H and O–H groups in total. The fourth-order valence-electron chi connectivity index (χ4n) is 1.50. The van der Waals surface area contributed by atoms with Crippen LogP contribution in [0.2, 0.25) is 0 Å². The minimum atomic E-state index is -0.391. The second-order valence-electron chi connectivity index (χ2n) is 3.31. The number of nitrogens with zero attached hydrogens (tertiary/aromatic N) is 3.